The maximum atomic E-state index is 12.8. The van der Waals surface area contributed by atoms with Gasteiger partial charge in [-0.3, -0.25) is 14.5 Å². The van der Waals surface area contributed by atoms with Gasteiger partial charge in [0.25, 0.3) is 5.91 Å². The minimum absolute atomic E-state index is 0.106. The molecule has 4 heterocycles. The molecule has 4 aromatic rings. The minimum atomic E-state index is -0.597. The highest BCUT2D eigenvalue weighted by Gasteiger charge is 2.23. The quantitative estimate of drug-likeness (QED) is 0.517. The third-order valence-corrected chi connectivity index (χ3v) is 4.16. The van der Waals surface area contributed by atoms with Gasteiger partial charge in [0, 0.05) is 43.0 Å². The Morgan fingerprint density at radius 1 is 1.24 bits per heavy atom. The number of esters is 1. The first-order chi connectivity index (χ1) is 14.1. The van der Waals surface area contributed by atoms with Crippen molar-refractivity contribution in [3.05, 3.63) is 60.3 Å². The summed E-state index contributed by atoms with van der Waals surface area (Å²) >= 11 is 0. The molecule has 0 spiro atoms. The molecule has 29 heavy (non-hydrogen) atoms. The number of ether oxygens (including phenoxy) is 1. The third-order valence-electron chi connectivity index (χ3n) is 4.16. The summed E-state index contributed by atoms with van der Waals surface area (Å²) in [5, 5.41) is 11.2. The maximum absolute atomic E-state index is 12.8. The summed E-state index contributed by atoms with van der Waals surface area (Å²) in [5.74, 6) is -0.554. The molecule has 4 rings (SSSR count). The van der Waals surface area contributed by atoms with Gasteiger partial charge in [0.15, 0.2) is 11.5 Å². The molecular weight excluding hydrogens is 374 g/mol. The zero-order valence-corrected chi connectivity index (χ0v) is 15.7. The van der Waals surface area contributed by atoms with Crippen molar-refractivity contribution in [2.45, 2.75) is 6.92 Å². The van der Waals surface area contributed by atoms with Crippen molar-refractivity contribution in [2.24, 2.45) is 7.05 Å². The number of hydrogen-bond donors (Lipinski definition) is 1. The van der Waals surface area contributed by atoms with Gasteiger partial charge in [0.1, 0.15) is 11.3 Å². The zero-order valence-electron chi connectivity index (χ0n) is 15.7. The minimum Gasteiger partial charge on any atom is -0.462 e. The average molecular weight is 391 g/mol. The second-order valence-corrected chi connectivity index (χ2v) is 6.10. The molecule has 0 bridgehead atoms. The van der Waals surface area contributed by atoms with Crippen LogP contribution >= 0.6 is 0 Å². The predicted molar refractivity (Wildman–Crippen MR) is 103 cm³/mol. The van der Waals surface area contributed by atoms with E-state index in [-0.39, 0.29) is 17.9 Å². The van der Waals surface area contributed by atoms with Gasteiger partial charge < -0.3 is 10.1 Å². The summed E-state index contributed by atoms with van der Waals surface area (Å²) in [6, 6.07) is 7.05. The number of fused-ring (bicyclic) bond motifs is 1. The molecule has 1 amide bonds. The van der Waals surface area contributed by atoms with Crippen LogP contribution in [0.4, 0.5) is 5.69 Å². The summed E-state index contributed by atoms with van der Waals surface area (Å²) in [6.07, 6.45) is 6.36. The standard InChI is InChI=1S/C19H17N7O3/c1-3-29-19(28)14-11-21-25(2)16(14)18(27)22-13-6-8-26-15(9-13)23-17(24-26)12-5-4-7-20-10-12/h4-11H,3H2,1-2H3,(H,22,27). The number of aryl methyl sites for hydroxylation is 1. The molecule has 0 aliphatic rings. The number of amides is 1. The lowest BCUT2D eigenvalue weighted by Crippen LogP contribution is -2.20. The van der Waals surface area contributed by atoms with Crippen molar-refractivity contribution >= 4 is 23.2 Å². The highest BCUT2D eigenvalue weighted by Crippen LogP contribution is 2.18. The van der Waals surface area contributed by atoms with E-state index in [1.165, 1.54) is 10.9 Å². The number of aromatic nitrogens is 6. The van der Waals surface area contributed by atoms with Gasteiger partial charge in [-0.1, -0.05) is 0 Å². The van der Waals surface area contributed by atoms with Crippen molar-refractivity contribution < 1.29 is 14.3 Å². The van der Waals surface area contributed by atoms with E-state index in [0.29, 0.717) is 17.2 Å². The van der Waals surface area contributed by atoms with Crippen LogP contribution in [0.2, 0.25) is 0 Å². The number of hydrogen-bond acceptors (Lipinski definition) is 7. The molecule has 146 valence electrons. The van der Waals surface area contributed by atoms with Gasteiger partial charge in [0.2, 0.25) is 0 Å². The molecule has 10 heteroatoms. The SMILES string of the molecule is CCOC(=O)c1cnn(C)c1C(=O)Nc1ccn2nc(-c3cccnc3)nc2c1. The molecule has 0 fully saturated rings. The second-order valence-electron chi connectivity index (χ2n) is 6.10. The zero-order chi connectivity index (χ0) is 20.4. The second kappa shape index (κ2) is 7.50. The largest absolute Gasteiger partial charge is 0.462 e. The van der Waals surface area contributed by atoms with Crippen molar-refractivity contribution in [2.75, 3.05) is 11.9 Å². The average Bonchev–Trinajstić information content (AvgIpc) is 3.32. The number of carbonyl (C=O) groups is 2. The highest BCUT2D eigenvalue weighted by atomic mass is 16.5. The van der Waals surface area contributed by atoms with Crippen molar-refractivity contribution in [1.82, 2.24) is 29.4 Å². The molecular formula is C19H17N7O3. The Kier molecular flexibility index (Phi) is 4.73. The van der Waals surface area contributed by atoms with Gasteiger partial charge in [-0.05, 0) is 25.1 Å². The van der Waals surface area contributed by atoms with Crippen LogP contribution in [-0.2, 0) is 11.8 Å². The molecule has 0 unspecified atom stereocenters. The van der Waals surface area contributed by atoms with Crippen LogP contribution in [-0.4, -0.2) is 47.8 Å². The fourth-order valence-corrected chi connectivity index (χ4v) is 2.83. The van der Waals surface area contributed by atoms with Gasteiger partial charge in [-0.25, -0.2) is 14.3 Å². The van der Waals surface area contributed by atoms with Gasteiger partial charge in [-0.2, -0.15) is 5.10 Å². The van der Waals surface area contributed by atoms with E-state index in [0.717, 1.165) is 5.56 Å². The summed E-state index contributed by atoms with van der Waals surface area (Å²) < 4.78 is 7.92. The van der Waals surface area contributed by atoms with E-state index in [9.17, 15) is 9.59 Å². The number of nitrogens with zero attached hydrogens (tertiary/aromatic N) is 6. The number of anilines is 1. The summed E-state index contributed by atoms with van der Waals surface area (Å²) in [5.41, 5.74) is 2.06. The van der Waals surface area contributed by atoms with E-state index < -0.39 is 11.9 Å². The highest BCUT2D eigenvalue weighted by molar-refractivity contribution is 6.10. The number of carbonyl (C=O) groups excluding carboxylic acids is 2. The third kappa shape index (κ3) is 3.55. The van der Waals surface area contributed by atoms with E-state index in [4.69, 9.17) is 4.74 Å². The van der Waals surface area contributed by atoms with Crippen molar-refractivity contribution in [1.29, 1.82) is 0 Å². The van der Waals surface area contributed by atoms with Crippen LogP contribution < -0.4 is 5.32 Å². The summed E-state index contributed by atoms with van der Waals surface area (Å²) in [6.45, 7) is 1.90. The maximum Gasteiger partial charge on any atom is 0.342 e. The lowest BCUT2D eigenvalue weighted by molar-refractivity contribution is 0.0523. The van der Waals surface area contributed by atoms with Crippen LogP contribution in [0.3, 0.4) is 0 Å². The Balaban J connectivity index is 1.61. The van der Waals surface area contributed by atoms with E-state index in [1.54, 1.807) is 49.2 Å². The molecule has 0 saturated carbocycles. The Morgan fingerprint density at radius 3 is 2.86 bits per heavy atom. The molecule has 10 nitrogen and oxygen atoms in total. The molecule has 1 N–H and O–H groups in total. The predicted octanol–water partition coefficient (Wildman–Crippen LogP) is 1.95. The molecule has 0 atom stereocenters. The normalized spacial score (nSPS) is 10.8. The topological polar surface area (TPSA) is 116 Å². The van der Waals surface area contributed by atoms with Crippen molar-refractivity contribution in [3.8, 4) is 11.4 Å². The lowest BCUT2D eigenvalue weighted by Gasteiger charge is -2.07. The first-order valence-electron chi connectivity index (χ1n) is 8.84. The Bertz CT molecular complexity index is 1200. The van der Waals surface area contributed by atoms with Crippen molar-refractivity contribution in [3.63, 3.8) is 0 Å². The molecule has 0 aliphatic carbocycles. The Morgan fingerprint density at radius 2 is 2.10 bits per heavy atom. The van der Waals surface area contributed by atoms with Crippen LogP contribution in [0, 0.1) is 0 Å². The van der Waals surface area contributed by atoms with Gasteiger partial charge in [0.05, 0.1) is 12.8 Å². The van der Waals surface area contributed by atoms with Crippen LogP contribution in [0.15, 0.2) is 49.1 Å². The van der Waals surface area contributed by atoms with Crippen LogP contribution in [0.25, 0.3) is 17.0 Å². The number of nitrogens with one attached hydrogen (secondary N) is 1. The smallest absolute Gasteiger partial charge is 0.342 e. The van der Waals surface area contributed by atoms with E-state index in [1.807, 2.05) is 12.1 Å². The molecule has 0 saturated heterocycles. The molecule has 4 aromatic heterocycles. The molecule has 0 radical (unpaired) electrons. The van der Waals surface area contributed by atoms with E-state index >= 15 is 0 Å². The van der Waals surface area contributed by atoms with Gasteiger partial charge >= 0.3 is 5.97 Å². The first-order valence-corrected chi connectivity index (χ1v) is 8.84. The monoisotopic (exact) mass is 391 g/mol. The van der Waals surface area contributed by atoms with Crippen LogP contribution in [0.5, 0.6) is 0 Å². The summed E-state index contributed by atoms with van der Waals surface area (Å²) in [4.78, 5) is 33.4. The Labute approximate surface area is 165 Å². The lowest BCUT2D eigenvalue weighted by atomic mass is 10.2. The fourth-order valence-electron chi connectivity index (χ4n) is 2.83. The fraction of sp³-hybridized carbons (Fsp3) is 0.158. The summed E-state index contributed by atoms with van der Waals surface area (Å²) in [7, 11) is 1.58. The molecule has 0 aromatic carbocycles. The molecule has 0 aliphatic heterocycles. The number of pyridine rings is 2. The van der Waals surface area contributed by atoms with Crippen LogP contribution in [0.1, 0.15) is 27.8 Å². The first kappa shape index (κ1) is 18.3. The number of rotatable bonds is 5. The van der Waals surface area contributed by atoms with Gasteiger partial charge in [-0.15, -0.1) is 5.10 Å². The van der Waals surface area contributed by atoms with E-state index in [2.05, 4.69) is 25.5 Å². The Hall–Kier alpha value is -4.08.